The SMILES string of the molecule is [B]CC(CP)CCCC(C)n1nc(-c2ccc(Oc3ccccn3)cc2)c(C#N)c1NC(C)=O. The number of hydrogen-bond acceptors (Lipinski definition) is 5. The van der Waals surface area contributed by atoms with Crippen molar-refractivity contribution in [3.05, 3.63) is 54.2 Å². The number of aromatic nitrogens is 3. The molecule has 0 saturated carbocycles. The molecule has 3 aromatic rings. The van der Waals surface area contributed by atoms with Gasteiger partial charge in [0.1, 0.15) is 28.9 Å². The minimum Gasteiger partial charge on any atom is -0.439 e. The van der Waals surface area contributed by atoms with Crippen molar-refractivity contribution in [2.24, 2.45) is 5.92 Å². The molecule has 0 spiro atoms. The first-order valence-corrected chi connectivity index (χ1v) is 12.2. The average molecular weight is 473 g/mol. The number of benzene rings is 1. The molecule has 0 aliphatic carbocycles. The molecule has 1 amide bonds. The fourth-order valence-electron chi connectivity index (χ4n) is 3.71. The Kier molecular flexibility index (Phi) is 9.24. The molecule has 3 unspecified atom stereocenters. The van der Waals surface area contributed by atoms with E-state index in [-0.39, 0.29) is 11.9 Å². The highest BCUT2D eigenvalue weighted by Crippen LogP contribution is 2.33. The first-order valence-electron chi connectivity index (χ1n) is 11.4. The van der Waals surface area contributed by atoms with Gasteiger partial charge in [-0.1, -0.05) is 25.2 Å². The molecule has 2 radical (unpaired) electrons. The van der Waals surface area contributed by atoms with E-state index in [2.05, 4.69) is 25.6 Å². The first kappa shape index (κ1) is 25.5. The lowest BCUT2D eigenvalue weighted by Gasteiger charge is -2.17. The molecule has 3 rings (SSSR count). The van der Waals surface area contributed by atoms with Crippen LogP contribution in [0, 0.1) is 17.2 Å². The molecule has 1 N–H and O–H groups in total. The van der Waals surface area contributed by atoms with Crippen molar-refractivity contribution in [1.29, 1.82) is 5.26 Å². The molecular weight excluding hydrogens is 444 g/mol. The van der Waals surface area contributed by atoms with Crippen LogP contribution in [0.3, 0.4) is 0 Å². The number of amides is 1. The van der Waals surface area contributed by atoms with Crippen molar-refractivity contribution in [2.75, 3.05) is 11.5 Å². The maximum atomic E-state index is 11.9. The molecule has 0 fully saturated rings. The van der Waals surface area contributed by atoms with E-state index in [1.807, 2.05) is 31.2 Å². The molecule has 9 heteroatoms. The van der Waals surface area contributed by atoms with Gasteiger partial charge in [0.25, 0.3) is 0 Å². The number of pyridine rings is 1. The summed E-state index contributed by atoms with van der Waals surface area (Å²) in [5, 5.41) is 17.5. The van der Waals surface area contributed by atoms with Crippen molar-refractivity contribution < 1.29 is 9.53 Å². The summed E-state index contributed by atoms with van der Waals surface area (Å²) in [7, 11) is 8.58. The van der Waals surface area contributed by atoms with E-state index in [1.54, 1.807) is 29.1 Å². The molecule has 0 aliphatic heterocycles. The Morgan fingerprint density at radius 3 is 2.62 bits per heavy atom. The third-order valence-corrected chi connectivity index (χ3v) is 6.29. The van der Waals surface area contributed by atoms with Crippen LogP contribution in [0.2, 0.25) is 6.32 Å². The lowest BCUT2D eigenvalue weighted by Crippen LogP contribution is -2.16. The topological polar surface area (TPSA) is 92.8 Å². The van der Waals surface area contributed by atoms with E-state index < -0.39 is 0 Å². The molecule has 0 aliphatic rings. The van der Waals surface area contributed by atoms with Gasteiger partial charge >= 0.3 is 0 Å². The molecule has 0 bridgehead atoms. The summed E-state index contributed by atoms with van der Waals surface area (Å²) in [6.45, 7) is 3.47. The molecule has 2 aromatic heterocycles. The first-order chi connectivity index (χ1) is 16.5. The molecule has 7 nitrogen and oxygen atoms in total. The number of rotatable bonds is 11. The van der Waals surface area contributed by atoms with Gasteiger partial charge < -0.3 is 10.1 Å². The highest BCUT2D eigenvalue weighted by atomic mass is 31.0. The van der Waals surface area contributed by atoms with Crippen LogP contribution in [0.5, 0.6) is 11.6 Å². The Balaban J connectivity index is 1.86. The Hall–Kier alpha value is -3.17. The monoisotopic (exact) mass is 473 g/mol. The molecule has 2 heterocycles. The Morgan fingerprint density at radius 2 is 2.03 bits per heavy atom. The van der Waals surface area contributed by atoms with Gasteiger partial charge in [0.05, 0.1) is 13.9 Å². The number of nitrogens with one attached hydrogen (secondary N) is 1. The summed E-state index contributed by atoms with van der Waals surface area (Å²) in [4.78, 5) is 16.1. The van der Waals surface area contributed by atoms with Gasteiger partial charge in [-0.15, -0.1) is 9.24 Å². The van der Waals surface area contributed by atoms with Crippen molar-refractivity contribution >= 4 is 28.8 Å². The summed E-state index contributed by atoms with van der Waals surface area (Å²) in [6.07, 6.45) is 6.17. The number of nitriles is 1. The average Bonchev–Trinajstić information content (AvgIpc) is 3.20. The van der Waals surface area contributed by atoms with Gasteiger partial charge in [-0.3, -0.25) is 4.79 Å². The minimum absolute atomic E-state index is 0.00241. The van der Waals surface area contributed by atoms with Crippen molar-refractivity contribution in [3.8, 4) is 29.0 Å². The van der Waals surface area contributed by atoms with Crippen LogP contribution < -0.4 is 10.1 Å². The predicted molar refractivity (Wildman–Crippen MR) is 138 cm³/mol. The van der Waals surface area contributed by atoms with E-state index in [0.717, 1.165) is 31.0 Å². The van der Waals surface area contributed by atoms with E-state index in [1.165, 1.54) is 6.92 Å². The quantitative estimate of drug-likeness (QED) is 0.298. The number of anilines is 1. The zero-order valence-electron chi connectivity index (χ0n) is 19.6. The number of carbonyl (C=O) groups excluding carboxylic acids is 1. The van der Waals surface area contributed by atoms with Crippen LogP contribution in [0.25, 0.3) is 11.3 Å². The van der Waals surface area contributed by atoms with E-state index in [0.29, 0.717) is 40.9 Å². The number of nitrogens with zero attached hydrogens (tertiary/aromatic N) is 4. The summed E-state index contributed by atoms with van der Waals surface area (Å²) in [6, 6.07) is 15.0. The predicted octanol–water partition coefficient (Wildman–Crippen LogP) is 5.38. The van der Waals surface area contributed by atoms with Crippen LogP contribution in [0.1, 0.15) is 44.7 Å². The summed E-state index contributed by atoms with van der Waals surface area (Å²) < 4.78 is 7.51. The number of carbonyl (C=O) groups is 1. The van der Waals surface area contributed by atoms with Crippen LogP contribution >= 0.6 is 9.24 Å². The molecular formula is C25H29BN5O2P. The van der Waals surface area contributed by atoms with Crippen LogP contribution in [-0.2, 0) is 4.79 Å². The second-order valence-corrected chi connectivity index (χ2v) is 8.69. The summed E-state index contributed by atoms with van der Waals surface area (Å²) in [5.74, 6) is 1.77. The third kappa shape index (κ3) is 6.45. The Morgan fingerprint density at radius 1 is 1.26 bits per heavy atom. The van der Waals surface area contributed by atoms with Crippen molar-refractivity contribution in [2.45, 2.75) is 45.5 Å². The Bertz CT molecular complexity index is 1120. The van der Waals surface area contributed by atoms with E-state index in [4.69, 9.17) is 17.7 Å². The van der Waals surface area contributed by atoms with Gasteiger partial charge in [-0.25, -0.2) is 9.67 Å². The Labute approximate surface area is 204 Å². The molecule has 174 valence electrons. The van der Waals surface area contributed by atoms with Crippen LogP contribution in [0.15, 0.2) is 48.7 Å². The van der Waals surface area contributed by atoms with Gasteiger partial charge in [0, 0.05) is 24.8 Å². The van der Waals surface area contributed by atoms with Crippen molar-refractivity contribution in [3.63, 3.8) is 0 Å². The maximum absolute atomic E-state index is 11.9. The third-order valence-electron chi connectivity index (χ3n) is 5.62. The normalized spacial score (nSPS) is 12.5. The molecule has 1 aromatic carbocycles. The van der Waals surface area contributed by atoms with Crippen molar-refractivity contribution in [1.82, 2.24) is 14.8 Å². The standard InChI is InChI=1S/C25H29BN5O2P/c1-17(6-5-7-19(14-26)16-34)31-25(29-18(2)32)22(15-27)24(30-31)20-9-11-21(12-10-20)33-23-8-3-4-13-28-23/h3-4,8-13,17,19H,5-7,14,16,34H2,1-2H3,(H,29,32). The van der Waals surface area contributed by atoms with E-state index >= 15 is 0 Å². The molecule has 3 atom stereocenters. The minimum atomic E-state index is -0.248. The van der Waals surface area contributed by atoms with Crippen LogP contribution in [-0.4, -0.2) is 34.7 Å². The summed E-state index contributed by atoms with van der Waals surface area (Å²) >= 11 is 0. The lowest BCUT2D eigenvalue weighted by atomic mass is 9.88. The zero-order valence-corrected chi connectivity index (χ0v) is 20.7. The number of hydrogen-bond donors (Lipinski definition) is 1. The smallest absolute Gasteiger partial charge is 0.222 e. The van der Waals surface area contributed by atoms with Crippen LogP contribution in [0.4, 0.5) is 5.82 Å². The highest BCUT2D eigenvalue weighted by molar-refractivity contribution is 7.16. The molecule has 34 heavy (non-hydrogen) atoms. The number of ether oxygens (including phenoxy) is 1. The second-order valence-electron chi connectivity index (χ2n) is 8.22. The second kappa shape index (κ2) is 12.3. The lowest BCUT2D eigenvalue weighted by molar-refractivity contribution is -0.114. The van der Waals surface area contributed by atoms with Gasteiger partial charge in [-0.05, 0) is 55.8 Å². The largest absolute Gasteiger partial charge is 0.439 e. The van der Waals surface area contributed by atoms with Gasteiger partial charge in [0.2, 0.25) is 11.8 Å². The van der Waals surface area contributed by atoms with Gasteiger partial charge in [-0.2, -0.15) is 10.4 Å². The maximum Gasteiger partial charge on any atom is 0.222 e. The fraction of sp³-hybridized carbons (Fsp3) is 0.360. The molecule has 0 saturated heterocycles. The fourth-order valence-corrected chi connectivity index (χ4v) is 4.14. The van der Waals surface area contributed by atoms with Gasteiger partial charge in [0.15, 0.2) is 0 Å². The van der Waals surface area contributed by atoms with E-state index in [9.17, 15) is 10.1 Å². The zero-order chi connectivity index (χ0) is 24.5. The summed E-state index contributed by atoms with van der Waals surface area (Å²) in [5.41, 5.74) is 1.62. The highest BCUT2D eigenvalue weighted by Gasteiger charge is 2.23.